The van der Waals surface area contributed by atoms with Gasteiger partial charge in [0.05, 0.1) is 12.3 Å². The minimum atomic E-state index is -0.560. The molecule has 0 bridgehead atoms. The van der Waals surface area contributed by atoms with Gasteiger partial charge in [0.2, 0.25) is 0 Å². The van der Waals surface area contributed by atoms with Crippen molar-refractivity contribution in [2.24, 2.45) is 0 Å². The first-order valence-electron chi connectivity index (χ1n) is 5.93. The Morgan fingerprint density at radius 2 is 2.39 bits per heavy atom. The first kappa shape index (κ1) is 13.4. The third-order valence-corrected chi connectivity index (χ3v) is 3.42. The fraction of sp³-hybridized carbons (Fsp3) is 0.727. The molecule has 1 N–H and O–H groups in total. The molecule has 0 spiro atoms. The minimum Gasteiger partial charge on any atom is -0.349 e. The number of ether oxygens (including phenoxy) is 2. The van der Waals surface area contributed by atoms with Gasteiger partial charge in [-0.2, -0.15) is 0 Å². The predicted molar refractivity (Wildman–Crippen MR) is 66.5 cm³/mol. The molecule has 0 aromatic carbocycles. The first-order valence-corrected chi connectivity index (χ1v) is 6.70. The summed E-state index contributed by atoms with van der Waals surface area (Å²) in [6.45, 7) is 6.59. The van der Waals surface area contributed by atoms with Gasteiger partial charge >= 0.3 is 0 Å². The van der Waals surface area contributed by atoms with E-state index in [0.717, 1.165) is 17.2 Å². The summed E-state index contributed by atoms with van der Waals surface area (Å²) in [5.74, 6) is -0.703. The van der Waals surface area contributed by atoms with Crippen molar-refractivity contribution in [2.45, 2.75) is 39.1 Å². The Balaban J connectivity index is 1.86. The Morgan fingerprint density at radius 3 is 3.00 bits per heavy atom. The molecule has 1 aromatic heterocycles. The highest BCUT2D eigenvalue weighted by molar-refractivity contribution is 7.08. The molecule has 1 aromatic rings. The standard InChI is InChI=1S/C11H17N3O3S/c1-4-8-9(18-14-13-8)10(15)12-5-7-6-16-11(2,3)17-7/h7H,4-6H2,1-3H3,(H,12,15). The first-order chi connectivity index (χ1) is 8.52. The molecule has 1 fully saturated rings. The van der Waals surface area contributed by atoms with E-state index in [4.69, 9.17) is 9.47 Å². The van der Waals surface area contributed by atoms with Gasteiger partial charge in [-0.25, -0.2) is 0 Å². The van der Waals surface area contributed by atoms with Crippen LogP contribution in [0.1, 0.15) is 36.1 Å². The van der Waals surface area contributed by atoms with Gasteiger partial charge in [-0.05, 0) is 31.8 Å². The quantitative estimate of drug-likeness (QED) is 0.883. The number of aromatic nitrogens is 2. The SMILES string of the molecule is CCc1nnsc1C(=O)NCC1COC(C)(C)O1. The van der Waals surface area contributed by atoms with E-state index in [0.29, 0.717) is 24.4 Å². The fourth-order valence-corrected chi connectivity index (χ4v) is 2.43. The smallest absolute Gasteiger partial charge is 0.265 e. The maximum atomic E-state index is 11.9. The van der Waals surface area contributed by atoms with Crippen LogP contribution >= 0.6 is 11.5 Å². The maximum Gasteiger partial charge on any atom is 0.265 e. The number of hydrogen-bond donors (Lipinski definition) is 1. The van der Waals surface area contributed by atoms with Crippen molar-refractivity contribution in [1.29, 1.82) is 0 Å². The third kappa shape index (κ3) is 3.04. The lowest BCUT2D eigenvalue weighted by Crippen LogP contribution is -2.34. The van der Waals surface area contributed by atoms with Crippen LogP contribution in [0.4, 0.5) is 0 Å². The molecule has 6 nitrogen and oxygen atoms in total. The van der Waals surface area contributed by atoms with Crippen LogP contribution in [0.25, 0.3) is 0 Å². The van der Waals surface area contributed by atoms with Crippen molar-refractivity contribution in [1.82, 2.24) is 14.9 Å². The van der Waals surface area contributed by atoms with Crippen molar-refractivity contribution in [2.75, 3.05) is 13.2 Å². The average Bonchev–Trinajstić information content (AvgIpc) is 2.92. The van der Waals surface area contributed by atoms with Crippen LogP contribution in [0.5, 0.6) is 0 Å². The molecule has 7 heteroatoms. The van der Waals surface area contributed by atoms with E-state index in [2.05, 4.69) is 14.9 Å². The molecule has 1 amide bonds. The second-order valence-corrected chi connectivity index (χ2v) is 5.32. The van der Waals surface area contributed by atoms with Crippen molar-refractivity contribution in [3.8, 4) is 0 Å². The molecule has 2 heterocycles. The molecule has 1 saturated heterocycles. The predicted octanol–water partition coefficient (Wildman–Crippen LogP) is 0.982. The van der Waals surface area contributed by atoms with Crippen molar-refractivity contribution < 1.29 is 14.3 Å². The van der Waals surface area contributed by atoms with Crippen LogP contribution in [-0.4, -0.2) is 40.5 Å². The second kappa shape index (κ2) is 5.29. The number of rotatable bonds is 4. The van der Waals surface area contributed by atoms with Gasteiger partial charge in [-0.3, -0.25) is 4.79 Å². The molecule has 18 heavy (non-hydrogen) atoms. The highest BCUT2D eigenvalue weighted by Crippen LogP contribution is 2.21. The molecule has 0 aliphatic carbocycles. The van der Waals surface area contributed by atoms with Gasteiger partial charge in [0, 0.05) is 6.54 Å². The summed E-state index contributed by atoms with van der Waals surface area (Å²) in [6, 6.07) is 0. The molecular formula is C11H17N3O3S. The van der Waals surface area contributed by atoms with Crippen LogP contribution in [-0.2, 0) is 15.9 Å². The lowest BCUT2D eigenvalue weighted by atomic mass is 10.3. The van der Waals surface area contributed by atoms with Crippen molar-refractivity contribution in [3.05, 3.63) is 10.6 Å². The summed E-state index contributed by atoms with van der Waals surface area (Å²) >= 11 is 1.12. The number of nitrogens with one attached hydrogen (secondary N) is 1. The van der Waals surface area contributed by atoms with Crippen LogP contribution < -0.4 is 5.32 Å². The van der Waals surface area contributed by atoms with Gasteiger partial charge in [0.15, 0.2) is 5.79 Å². The van der Waals surface area contributed by atoms with Crippen LogP contribution in [0.15, 0.2) is 0 Å². The minimum absolute atomic E-state index is 0.102. The topological polar surface area (TPSA) is 73.3 Å². The van der Waals surface area contributed by atoms with Gasteiger partial charge < -0.3 is 14.8 Å². The lowest BCUT2D eigenvalue weighted by molar-refractivity contribution is -0.137. The zero-order chi connectivity index (χ0) is 13.2. The van der Waals surface area contributed by atoms with E-state index in [1.54, 1.807) is 0 Å². The van der Waals surface area contributed by atoms with Crippen molar-refractivity contribution >= 4 is 17.4 Å². The summed E-state index contributed by atoms with van der Waals surface area (Å²) in [5, 5.41) is 6.74. The molecule has 1 aliphatic heterocycles. The molecule has 0 saturated carbocycles. The van der Waals surface area contributed by atoms with E-state index < -0.39 is 5.79 Å². The zero-order valence-corrected chi connectivity index (χ0v) is 11.5. The Morgan fingerprint density at radius 1 is 1.61 bits per heavy atom. The summed E-state index contributed by atoms with van der Waals surface area (Å²) in [4.78, 5) is 12.5. The Kier molecular flexibility index (Phi) is 3.94. The van der Waals surface area contributed by atoms with E-state index in [-0.39, 0.29) is 12.0 Å². The van der Waals surface area contributed by atoms with E-state index in [1.807, 2.05) is 20.8 Å². The number of nitrogens with zero attached hydrogens (tertiary/aromatic N) is 2. The van der Waals surface area contributed by atoms with Gasteiger partial charge in [-0.1, -0.05) is 11.4 Å². The molecule has 0 radical (unpaired) electrons. The monoisotopic (exact) mass is 271 g/mol. The normalized spacial score (nSPS) is 22.1. The molecule has 100 valence electrons. The Hall–Kier alpha value is -1.05. The molecule has 1 unspecified atom stereocenters. The largest absolute Gasteiger partial charge is 0.349 e. The van der Waals surface area contributed by atoms with Crippen molar-refractivity contribution in [3.63, 3.8) is 0 Å². The molecule has 1 atom stereocenters. The number of aryl methyl sites for hydroxylation is 1. The molecule has 2 rings (SSSR count). The second-order valence-electron chi connectivity index (χ2n) is 4.56. The van der Waals surface area contributed by atoms with E-state index in [1.165, 1.54) is 0 Å². The summed E-state index contributed by atoms with van der Waals surface area (Å²) in [7, 11) is 0. The highest BCUT2D eigenvalue weighted by Gasteiger charge is 2.32. The molecule has 1 aliphatic rings. The van der Waals surface area contributed by atoms with Crippen LogP contribution in [0.2, 0.25) is 0 Å². The number of hydrogen-bond acceptors (Lipinski definition) is 6. The summed E-state index contributed by atoms with van der Waals surface area (Å²) < 4.78 is 14.8. The fourth-order valence-electron chi connectivity index (χ4n) is 1.76. The maximum absolute atomic E-state index is 11.9. The Labute approximate surface area is 110 Å². The van der Waals surface area contributed by atoms with Gasteiger partial charge in [0.1, 0.15) is 11.0 Å². The van der Waals surface area contributed by atoms with Crippen LogP contribution in [0, 0.1) is 0 Å². The number of carbonyl (C=O) groups excluding carboxylic acids is 1. The average molecular weight is 271 g/mol. The molecular weight excluding hydrogens is 254 g/mol. The lowest BCUT2D eigenvalue weighted by Gasteiger charge is -2.17. The highest BCUT2D eigenvalue weighted by atomic mass is 32.1. The van der Waals surface area contributed by atoms with Crippen LogP contribution in [0.3, 0.4) is 0 Å². The Bertz CT molecular complexity index is 433. The van der Waals surface area contributed by atoms with E-state index >= 15 is 0 Å². The van der Waals surface area contributed by atoms with E-state index in [9.17, 15) is 4.79 Å². The summed E-state index contributed by atoms with van der Waals surface area (Å²) in [6.07, 6.45) is 0.602. The van der Waals surface area contributed by atoms with Gasteiger partial charge in [-0.15, -0.1) is 5.10 Å². The summed E-state index contributed by atoms with van der Waals surface area (Å²) in [5.41, 5.74) is 0.737. The third-order valence-electron chi connectivity index (χ3n) is 2.65. The van der Waals surface area contributed by atoms with Gasteiger partial charge in [0.25, 0.3) is 5.91 Å². The number of amides is 1. The number of carbonyl (C=O) groups is 1. The zero-order valence-electron chi connectivity index (χ0n) is 10.7.